The standard InChI is InChI=1S/C12H27N3O/c1-4-8-14-12(16)11-13-9-7-10-15(5-2)6-3/h13H,4-11H2,1-3H3,(H,14,16). The molecule has 0 aromatic heterocycles. The summed E-state index contributed by atoms with van der Waals surface area (Å²) in [6.45, 7) is 11.9. The molecule has 0 aromatic carbocycles. The molecule has 0 aliphatic carbocycles. The Morgan fingerprint density at radius 2 is 1.81 bits per heavy atom. The molecule has 2 N–H and O–H groups in total. The minimum Gasteiger partial charge on any atom is -0.355 e. The van der Waals surface area contributed by atoms with Gasteiger partial charge in [-0.1, -0.05) is 20.8 Å². The van der Waals surface area contributed by atoms with Gasteiger partial charge in [0.25, 0.3) is 0 Å². The molecule has 0 aliphatic heterocycles. The van der Waals surface area contributed by atoms with Gasteiger partial charge in [0, 0.05) is 6.54 Å². The molecule has 4 nitrogen and oxygen atoms in total. The van der Waals surface area contributed by atoms with E-state index in [0.717, 1.165) is 45.6 Å². The van der Waals surface area contributed by atoms with Crippen LogP contribution >= 0.6 is 0 Å². The summed E-state index contributed by atoms with van der Waals surface area (Å²) in [4.78, 5) is 13.6. The summed E-state index contributed by atoms with van der Waals surface area (Å²) in [5.41, 5.74) is 0. The molecular formula is C12H27N3O. The van der Waals surface area contributed by atoms with E-state index in [1.54, 1.807) is 0 Å². The fourth-order valence-electron chi connectivity index (χ4n) is 1.50. The third kappa shape index (κ3) is 8.68. The van der Waals surface area contributed by atoms with E-state index in [-0.39, 0.29) is 5.91 Å². The van der Waals surface area contributed by atoms with E-state index in [9.17, 15) is 4.79 Å². The predicted octanol–water partition coefficient (Wildman–Crippen LogP) is 0.834. The molecule has 0 aromatic rings. The molecular weight excluding hydrogens is 202 g/mol. The van der Waals surface area contributed by atoms with E-state index in [2.05, 4.69) is 36.3 Å². The first-order chi connectivity index (χ1) is 7.74. The van der Waals surface area contributed by atoms with Crippen LogP contribution in [-0.2, 0) is 4.79 Å². The number of hydrogen-bond donors (Lipinski definition) is 2. The van der Waals surface area contributed by atoms with E-state index in [0.29, 0.717) is 6.54 Å². The van der Waals surface area contributed by atoms with Gasteiger partial charge in [-0.2, -0.15) is 0 Å². The first kappa shape index (κ1) is 15.4. The van der Waals surface area contributed by atoms with Gasteiger partial charge in [-0.05, 0) is 39.0 Å². The van der Waals surface area contributed by atoms with Crippen LogP contribution < -0.4 is 10.6 Å². The summed E-state index contributed by atoms with van der Waals surface area (Å²) >= 11 is 0. The third-order valence-electron chi connectivity index (χ3n) is 2.58. The van der Waals surface area contributed by atoms with Crippen LogP contribution in [0.15, 0.2) is 0 Å². The van der Waals surface area contributed by atoms with E-state index >= 15 is 0 Å². The zero-order valence-electron chi connectivity index (χ0n) is 11.0. The summed E-state index contributed by atoms with van der Waals surface area (Å²) < 4.78 is 0. The quantitative estimate of drug-likeness (QED) is 0.546. The lowest BCUT2D eigenvalue weighted by Crippen LogP contribution is -2.35. The average Bonchev–Trinajstić information content (AvgIpc) is 2.31. The van der Waals surface area contributed by atoms with Gasteiger partial charge in [-0.25, -0.2) is 0 Å². The normalized spacial score (nSPS) is 10.8. The van der Waals surface area contributed by atoms with Crippen LogP contribution in [0.4, 0.5) is 0 Å². The minimum atomic E-state index is 0.102. The topological polar surface area (TPSA) is 44.4 Å². The second kappa shape index (κ2) is 10.9. The molecule has 0 heterocycles. The Kier molecular flexibility index (Phi) is 10.5. The molecule has 0 atom stereocenters. The van der Waals surface area contributed by atoms with Gasteiger partial charge in [-0.3, -0.25) is 4.79 Å². The molecule has 0 rings (SSSR count). The molecule has 0 spiro atoms. The lowest BCUT2D eigenvalue weighted by molar-refractivity contribution is -0.120. The van der Waals surface area contributed by atoms with Gasteiger partial charge >= 0.3 is 0 Å². The second-order valence-corrected chi connectivity index (χ2v) is 3.91. The Labute approximate surface area is 99.8 Å². The maximum absolute atomic E-state index is 11.2. The summed E-state index contributed by atoms with van der Waals surface area (Å²) in [5, 5.41) is 6.00. The van der Waals surface area contributed by atoms with Crippen LogP contribution in [-0.4, -0.2) is 50.1 Å². The van der Waals surface area contributed by atoms with Crippen molar-refractivity contribution in [3.05, 3.63) is 0 Å². The largest absolute Gasteiger partial charge is 0.355 e. The van der Waals surface area contributed by atoms with Gasteiger partial charge in [0.2, 0.25) is 5.91 Å². The zero-order chi connectivity index (χ0) is 12.2. The predicted molar refractivity (Wildman–Crippen MR) is 68.6 cm³/mol. The average molecular weight is 229 g/mol. The van der Waals surface area contributed by atoms with Gasteiger partial charge in [0.1, 0.15) is 0 Å². The molecule has 0 saturated carbocycles. The molecule has 0 unspecified atom stereocenters. The lowest BCUT2D eigenvalue weighted by Gasteiger charge is -2.17. The van der Waals surface area contributed by atoms with Crippen LogP contribution in [0.3, 0.4) is 0 Å². The fourth-order valence-corrected chi connectivity index (χ4v) is 1.50. The third-order valence-corrected chi connectivity index (χ3v) is 2.58. The highest BCUT2D eigenvalue weighted by Gasteiger charge is 2.00. The fraction of sp³-hybridized carbons (Fsp3) is 0.917. The van der Waals surface area contributed by atoms with E-state index < -0.39 is 0 Å². The molecule has 1 amide bonds. The first-order valence-corrected chi connectivity index (χ1v) is 6.44. The Morgan fingerprint density at radius 1 is 1.12 bits per heavy atom. The molecule has 0 radical (unpaired) electrons. The van der Waals surface area contributed by atoms with Crippen LogP contribution in [0.2, 0.25) is 0 Å². The number of amides is 1. The summed E-state index contributed by atoms with van der Waals surface area (Å²) in [5.74, 6) is 0.102. The van der Waals surface area contributed by atoms with E-state index in [1.165, 1.54) is 0 Å². The lowest BCUT2D eigenvalue weighted by atomic mass is 10.3. The number of rotatable bonds is 10. The van der Waals surface area contributed by atoms with E-state index in [4.69, 9.17) is 0 Å². The maximum atomic E-state index is 11.2. The maximum Gasteiger partial charge on any atom is 0.233 e. The van der Waals surface area contributed by atoms with E-state index in [1.807, 2.05) is 0 Å². The number of hydrogen-bond acceptors (Lipinski definition) is 3. The Hall–Kier alpha value is -0.610. The highest BCUT2D eigenvalue weighted by Crippen LogP contribution is 1.88. The summed E-state index contributed by atoms with van der Waals surface area (Å²) in [6, 6.07) is 0. The molecule has 0 fully saturated rings. The van der Waals surface area contributed by atoms with Crippen LogP contribution in [0.5, 0.6) is 0 Å². The summed E-state index contributed by atoms with van der Waals surface area (Å²) in [6.07, 6.45) is 2.09. The van der Waals surface area contributed by atoms with Crippen molar-refractivity contribution in [3.63, 3.8) is 0 Å². The first-order valence-electron chi connectivity index (χ1n) is 6.44. The molecule has 0 saturated heterocycles. The second-order valence-electron chi connectivity index (χ2n) is 3.91. The van der Waals surface area contributed by atoms with Crippen molar-refractivity contribution < 1.29 is 4.79 Å². The Bertz CT molecular complexity index is 170. The molecule has 0 aliphatic rings. The van der Waals surface area contributed by atoms with Crippen molar-refractivity contribution >= 4 is 5.91 Å². The van der Waals surface area contributed by atoms with Crippen LogP contribution in [0.25, 0.3) is 0 Å². The molecule has 16 heavy (non-hydrogen) atoms. The Morgan fingerprint density at radius 3 is 2.38 bits per heavy atom. The number of nitrogens with zero attached hydrogens (tertiary/aromatic N) is 1. The SMILES string of the molecule is CCCNC(=O)CNCCCN(CC)CC. The Balaban J connectivity index is 3.29. The number of carbonyl (C=O) groups is 1. The van der Waals surface area contributed by atoms with Crippen molar-refractivity contribution in [2.45, 2.75) is 33.6 Å². The summed E-state index contributed by atoms with van der Waals surface area (Å²) in [7, 11) is 0. The van der Waals surface area contributed by atoms with Crippen LogP contribution in [0, 0.1) is 0 Å². The number of carbonyl (C=O) groups excluding carboxylic acids is 1. The molecule has 0 bridgehead atoms. The van der Waals surface area contributed by atoms with Gasteiger partial charge < -0.3 is 15.5 Å². The molecule has 4 heteroatoms. The zero-order valence-corrected chi connectivity index (χ0v) is 11.0. The van der Waals surface area contributed by atoms with Crippen molar-refractivity contribution in [1.29, 1.82) is 0 Å². The van der Waals surface area contributed by atoms with Crippen molar-refractivity contribution in [3.8, 4) is 0 Å². The minimum absolute atomic E-state index is 0.102. The van der Waals surface area contributed by atoms with Crippen molar-refractivity contribution in [1.82, 2.24) is 15.5 Å². The van der Waals surface area contributed by atoms with Crippen molar-refractivity contribution in [2.24, 2.45) is 0 Å². The van der Waals surface area contributed by atoms with Gasteiger partial charge in [0.15, 0.2) is 0 Å². The molecule has 96 valence electrons. The highest BCUT2D eigenvalue weighted by molar-refractivity contribution is 5.77. The van der Waals surface area contributed by atoms with Crippen molar-refractivity contribution in [2.75, 3.05) is 39.3 Å². The monoisotopic (exact) mass is 229 g/mol. The highest BCUT2D eigenvalue weighted by atomic mass is 16.1. The number of nitrogens with one attached hydrogen (secondary N) is 2. The van der Waals surface area contributed by atoms with Gasteiger partial charge in [-0.15, -0.1) is 0 Å². The van der Waals surface area contributed by atoms with Gasteiger partial charge in [0.05, 0.1) is 6.54 Å². The van der Waals surface area contributed by atoms with Crippen LogP contribution in [0.1, 0.15) is 33.6 Å². The smallest absolute Gasteiger partial charge is 0.233 e.